The van der Waals surface area contributed by atoms with Crippen LogP contribution < -0.4 is 10.6 Å². The third kappa shape index (κ3) is 7.75. The van der Waals surface area contributed by atoms with Gasteiger partial charge in [0.15, 0.2) is 6.61 Å². The molecule has 0 aromatic heterocycles. The summed E-state index contributed by atoms with van der Waals surface area (Å²) in [5.74, 6) is -1.06. The Hall–Kier alpha value is -2.57. The highest BCUT2D eigenvalue weighted by molar-refractivity contribution is 5.86. The number of ether oxygens (including phenoxy) is 1. The number of nitrogens with one attached hydrogen (secondary N) is 2. The molecule has 1 aromatic carbocycles. The van der Waals surface area contributed by atoms with Crippen LogP contribution in [0.2, 0.25) is 0 Å². The molecule has 2 amide bonds. The van der Waals surface area contributed by atoms with E-state index in [4.69, 9.17) is 4.74 Å². The first kappa shape index (κ1) is 24.5. The van der Waals surface area contributed by atoms with Gasteiger partial charge in [-0.15, -0.1) is 0 Å². The number of phenolic OH excluding ortho intramolecular Hbond substituents is 1. The molecule has 0 heterocycles. The predicted octanol–water partition coefficient (Wildman–Crippen LogP) is 2.33. The molecule has 0 atom stereocenters. The van der Waals surface area contributed by atoms with Gasteiger partial charge in [0, 0.05) is 13.5 Å². The summed E-state index contributed by atoms with van der Waals surface area (Å²) in [6.07, 6.45) is 0.547. The molecule has 0 saturated carbocycles. The van der Waals surface area contributed by atoms with E-state index in [0.717, 1.165) is 16.7 Å². The summed E-state index contributed by atoms with van der Waals surface area (Å²) in [6, 6.07) is 3.85. The molecule has 0 aliphatic carbocycles. The molecule has 0 fully saturated rings. The molecular formula is C22H34N2O5. The minimum atomic E-state index is -0.531. The second kappa shape index (κ2) is 9.76. The van der Waals surface area contributed by atoms with Gasteiger partial charge in [-0.3, -0.25) is 14.4 Å². The van der Waals surface area contributed by atoms with Crippen LogP contribution in [-0.4, -0.2) is 43.1 Å². The highest BCUT2D eigenvalue weighted by atomic mass is 16.5. The fourth-order valence-electron chi connectivity index (χ4n) is 2.76. The topological polar surface area (TPSA) is 105 Å². The summed E-state index contributed by atoms with van der Waals surface area (Å²) in [5, 5.41) is 15.5. The van der Waals surface area contributed by atoms with Gasteiger partial charge in [-0.05, 0) is 33.9 Å². The zero-order valence-corrected chi connectivity index (χ0v) is 18.6. The van der Waals surface area contributed by atoms with Crippen LogP contribution in [0.3, 0.4) is 0 Å². The van der Waals surface area contributed by atoms with Gasteiger partial charge in [-0.2, -0.15) is 0 Å². The van der Waals surface area contributed by atoms with Gasteiger partial charge >= 0.3 is 5.97 Å². The molecule has 0 aliphatic rings. The summed E-state index contributed by atoms with van der Waals surface area (Å²) in [6.45, 7) is 11.6. The lowest BCUT2D eigenvalue weighted by Gasteiger charge is -2.28. The van der Waals surface area contributed by atoms with Crippen molar-refractivity contribution in [1.29, 1.82) is 0 Å². The normalized spacial score (nSPS) is 11.7. The Morgan fingerprint density at radius 3 is 1.93 bits per heavy atom. The molecule has 7 nitrogen and oxygen atoms in total. The van der Waals surface area contributed by atoms with Crippen molar-refractivity contribution in [3.63, 3.8) is 0 Å². The standard InChI is InChI=1S/C22H34N2O5/c1-21(2,3)15-10-14(11-16(20(15)28)22(4,5)6)8-9-19(27)29-13-18(26)24-12-17(25)23-7/h10-11,28H,8-9,12-13H2,1-7H3,(H,23,25)(H,24,26). The molecule has 162 valence electrons. The van der Waals surface area contributed by atoms with E-state index in [1.165, 1.54) is 7.05 Å². The van der Waals surface area contributed by atoms with Gasteiger partial charge in [0.2, 0.25) is 5.91 Å². The van der Waals surface area contributed by atoms with Crippen LogP contribution in [-0.2, 0) is 36.4 Å². The Kier molecular flexibility index (Phi) is 8.24. The van der Waals surface area contributed by atoms with Crippen LogP contribution in [0, 0.1) is 0 Å². The number of carbonyl (C=O) groups is 3. The number of esters is 1. The van der Waals surface area contributed by atoms with Gasteiger partial charge in [0.1, 0.15) is 5.75 Å². The second-order valence-electron chi connectivity index (χ2n) is 9.15. The highest BCUT2D eigenvalue weighted by Gasteiger charge is 2.26. The number of benzene rings is 1. The fraction of sp³-hybridized carbons (Fsp3) is 0.591. The molecule has 7 heteroatoms. The summed E-state index contributed by atoms with van der Waals surface area (Å²) in [4.78, 5) is 34.7. The molecule has 3 N–H and O–H groups in total. The Labute approximate surface area is 173 Å². The SMILES string of the molecule is CNC(=O)CNC(=O)COC(=O)CCc1cc(C(C)(C)C)c(O)c(C(C)(C)C)c1. The van der Waals surface area contributed by atoms with Crippen LogP contribution in [0.15, 0.2) is 12.1 Å². The third-order valence-corrected chi connectivity index (χ3v) is 4.49. The van der Waals surface area contributed by atoms with Gasteiger partial charge in [0.05, 0.1) is 6.54 Å². The lowest BCUT2D eigenvalue weighted by atomic mass is 9.78. The van der Waals surface area contributed by atoms with Crippen LogP contribution in [0.4, 0.5) is 0 Å². The first-order valence-corrected chi connectivity index (χ1v) is 9.75. The Morgan fingerprint density at radius 2 is 1.48 bits per heavy atom. The van der Waals surface area contributed by atoms with E-state index in [2.05, 4.69) is 10.6 Å². The first-order chi connectivity index (χ1) is 13.3. The maximum atomic E-state index is 12.0. The van der Waals surface area contributed by atoms with Crippen molar-refractivity contribution in [3.05, 3.63) is 28.8 Å². The number of hydrogen-bond acceptors (Lipinski definition) is 5. The molecule has 0 aliphatic heterocycles. The molecule has 1 aromatic rings. The van der Waals surface area contributed by atoms with Crippen molar-refractivity contribution in [2.24, 2.45) is 0 Å². The zero-order chi connectivity index (χ0) is 22.4. The van der Waals surface area contributed by atoms with E-state index in [-0.39, 0.29) is 29.7 Å². The average Bonchev–Trinajstić information content (AvgIpc) is 2.61. The van der Waals surface area contributed by atoms with E-state index < -0.39 is 18.5 Å². The quantitative estimate of drug-likeness (QED) is 0.603. The monoisotopic (exact) mass is 406 g/mol. The molecule has 0 unspecified atom stereocenters. The fourth-order valence-corrected chi connectivity index (χ4v) is 2.76. The lowest BCUT2D eigenvalue weighted by Crippen LogP contribution is -2.37. The van der Waals surface area contributed by atoms with Crippen LogP contribution >= 0.6 is 0 Å². The van der Waals surface area contributed by atoms with E-state index in [0.29, 0.717) is 12.2 Å². The van der Waals surface area contributed by atoms with Crippen molar-refractivity contribution in [3.8, 4) is 5.75 Å². The number of amides is 2. The van der Waals surface area contributed by atoms with E-state index in [1.807, 2.05) is 53.7 Å². The first-order valence-electron chi connectivity index (χ1n) is 9.75. The van der Waals surface area contributed by atoms with Crippen molar-refractivity contribution >= 4 is 17.8 Å². The van der Waals surface area contributed by atoms with Gasteiger partial charge < -0.3 is 20.5 Å². The second-order valence-corrected chi connectivity index (χ2v) is 9.15. The molecule has 0 bridgehead atoms. The molecule has 1 rings (SSSR count). The number of likely N-dealkylation sites (N-methyl/N-ethyl adjacent to an activating group) is 1. The average molecular weight is 407 g/mol. The van der Waals surface area contributed by atoms with Crippen molar-refractivity contribution < 1.29 is 24.2 Å². The predicted molar refractivity (Wildman–Crippen MR) is 112 cm³/mol. The van der Waals surface area contributed by atoms with Crippen LogP contribution in [0.1, 0.15) is 64.7 Å². The van der Waals surface area contributed by atoms with Gasteiger partial charge in [0.25, 0.3) is 5.91 Å². The number of aryl methyl sites for hydroxylation is 1. The molecule has 0 spiro atoms. The maximum Gasteiger partial charge on any atom is 0.306 e. The van der Waals surface area contributed by atoms with Crippen molar-refractivity contribution in [2.75, 3.05) is 20.2 Å². The van der Waals surface area contributed by atoms with Gasteiger partial charge in [-0.25, -0.2) is 0 Å². The Balaban J connectivity index is 2.77. The smallest absolute Gasteiger partial charge is 0.306 e. The minimum Gasteiger partial charge on any atom is -0.507 e. The zero-order valence-electron chi connectivity index (χ0n) is 18.6. The van der Waals surface area contributed by atoms with Crippen LogP contribution in [0.25, 0.3) is 0 Å². The Morgan fingerprint density at radius 1 is 0.966 bits per heavy atom. The number of phenols is 1. The summed E-state index contributed by atoms with van der Waals surface area (Å²) in [5.41, 5.74) is 2.11. The number of hydrogen-bond donors (Lipinski definition) is 3. The van der Waals surface area contributed by atoms with E-state index in [1.54, 1.807) is 0 Å². The van der Waals surface area contributed by atoms with Crippen molar-refractivity contribution in [1.82, 2.24) is 10.6 Å². The summed E-state index contributed by atoms with van der Waals surface area (Å²) >= 11 is 0. The third-order valence-electron chi connectivity index (χ3n) is 4.49. The molecule has 29 heavy (non-hydrogen) atoms. The van der Waals surface area contributed by atoms with Crippen LogP contribution in [0.5, 0.6) is 5.75 Å². The largest absolute Gasteiger partial charge is 0.507 e. The Bertz CT molecular complexity index is 722. The van der Waals surface area contributed by atoms with Gasteiger partial charge in [-0.1, -0.05) is 53.7 Å². The number of carbonyl (C=O) groups excluding carboxylic acids is 3. The summed E-state index contributed by atoms with van der Waals surface area (Å²) in [7, 11) is 1.47. The van der Waals surface area contributed by atoms with Crippen molar-refractivity contribution in [2.45, 2.75) is 65.2 Å². The molecule has 0 saturated heterocycles. The molecular weight excluding hydrogens is 372 g/mol. The number of aromatic hydroxyl groups is 1. The highest BCUT2D eigenvalue weighted by Crippen LogP contribution is 2.39. The number of rotatable bonds is 7. The van der Waals surface area contributed by atoms with E-state index >= 15 is 0 Å². The minimum absolute atomic E-state index is 0.112. The lowest BCUT2D eigenvalue weighted by molar-refractivity contribution is -0.148. The summed E-state index contributed by atoms with van der Waals surface area (Å²) < 4.78 is 4.98. The maximum absolute atomic E-state index is 12.0. The van der Waals surface area contributed by atoms with E-state index in [9.17, 15) is 19.5 Å². The molecule has 0 radical (unpaired) electrons.